The lowest BCUT2D eigenvalue weighted by atomic mass is 10.2. The molecule has 1 saturated carbocycles. The third-order valence-electron chi connectivity index (χ3n) is 6.09. The Labute approximate surface area is 201 Å². The molecule has 1 aromatic carbocycles. The molecule has 1 fully saturated rings. The minimum absolute atomic E-state index is 0.127. The topological polar surface area (TPSA) is 83.8 Å². The first-order valence-corrected chi connectivity index (χ1v) is 11.6. The third-order valence-corrected chi connectivity index (χ3v) is 6.32. The van der Waals surface area contributed by atoms with Gasteiger partial charge in [-0.05, 0) is 54.2 Å². The SMILES string of the molecule is O=C(Nc1nccc2c1CN(Cc1cn3cc(C4CC4)ccc3n1)N2)OCc1cccc(Cl)c1. The van der Waals surface area contributed by atoms with Crippen molar-refractivity contribution < 1.29 is 9.53 Å². The molecule has 0 atom stereocenters. The van der Waals surface area contributed by atoms with Crippen molar-refractivity contribution >= 4 is 34.8 Å². The molecule has 1 aliphatic carbocycles. The maximum absolute atomic E-state index is 12.4. The van der Waals surface area contributed by atoms with Crippen LogP contribution in [0.15, 0.2) is 61.1 Å². The number of carbonyl (C=O) groups excluding carboxylic acids is 1. The Bertz CT molecular complexity index is 1380. The van der Waals surface area contributed by atoms with Crippen LogP contribution in [0.1, 0.15) is 41.1 Å². The number of rotatable bonds is 6. The summed E-state index contributed by atoms with van der Waals surface area (Å²) in [6.45, 7) is 1.32. The van der Waals surface area contributed by atoms with E-state index in [1.54, 1.807) is 18.3 Å². The van der Waals surface area contributed by atoms with Gasteiger partial charge in [-0.15, -0.1) is 0 Å². The van der Waals surface area contributed by atoms with Gasteiger partial charge in [0.25, 0.3) is 0 Å². The molecule has 2 N–H and O–H groups in total. The van der Waals surface area contributed by atoms with Crippen LogP contribution < -0.4 is 10.7 Å². The van der Waals surface area contributed by atoms with Gasteiger partial charge < -0.3 is 14.6 Å². The normalized spacial score (nSPS) is 15.2. The number of nitrogens with zero attached hydrogens (tertiary/aromatic N) is 4. The summed E-state index contributed by atoms with van der Waals surface area (Å²) in [5.74, 6) is 1.19. The van der Waals surface area contributed by atoms with Gasteiger partial charge in [-0.2, -0.15) is 0 Å². The quantitative estimate of drug-likeness (QED) is 0.392. The van der Waals surface area contributed by atoms with Crippen LogP contribution in [0.5, 0.6) is 0 Å². The number of pyridine rings is 2. The van der Waals surface area contributed by atoms with Gasteiger partial charge in [-0.25, -0.2) is 19.8 Å². The Kier molecular flexibility index (Phi) is 5.31. The van der Waals surface area contributed by atoms with Crippen LogP contribution in [-0.2, 0) is 24.4 Å². The second kappa shape index (κ2) is 8.62. The summed E-state index contributed by atoms with van der Waals surface area (Å²) < 4.78 is 7.45. The lowest BCUT2D eigenvalue weighted by molar-refractivity contribution is 0.155. The zero-order valence-electron chi connectivity index (χ0n) is 18.4. The largest absolute Gasteiger partial charge is 0.444 e. The minimum atomic E-state index is -0.564. The van der Waals surface area contributed by atoms with E-state index < -0.39 is 6.09 Å². The first-order valence-electron chi connectivity index (χ1n) is 11.3. The molecule has 2 aliphatic rings. The number of hydrogen-bond acceptors (Lipinski definition) is 6. The highest BCUT2D eigenvalue weighted by atomic mass is 35.5. The minimum Gasteiger partial charge on any atom is -0.444 e. The molecule has 8 nitrogen and oxygen atoms in total. The van der Waals surface area contributed by atoms with Crippen LogP contribution in [0.4, 0.5) is 16.3 Å². The molecule has 0 unspecified atom stereocenters. The van der Waals surface area contributed by atoms with Gasteiger partial charge in [-0.1, -0.05) is 29.8 Å². The summed E-state index contributed by atoms with van der Waals surface area (Å²) in [5, 5.41) is 5.42. The number of halogens is 1. The Morgan fingerprint density at radius 2 is 2.12 bits per heavy atom. The fourth-order valence-electron chi connectivity index (χ4n) is 4.26. The molecular formula is C25H23ClN6O2. The predicted molar refractivity (Wildman–Crippen MR) is 130 cm³/mol. The van der Waals surface area contributed by atoms with Crippen molar-refractivity contribution in [1.82, 2.24) is 19.4 Å². The van der Waals surface area contributed by atoms with Gasteiger partial charge in [-0.3, -0.25) is 5.32 Å². The van der Waals surface area contributed by atoms with E-state index in [2.05, 4.69) is 49.7 Å². The van der Waals surface area contributed by atoms with Gasteiger partial charge in [0.2, 0.25) is 0 Å². The molecule has 1 aliphatic heterocycles. The Morgan fingerprint density at radius 1 is 1.21 bits per heavy atom. The van der Waals surface area contributed by atoms with E-state index in [1.165, 1.54) is 18.4 Å². The molecule has 9 heteroatoms. The summed E-state index contributed by atoms with van der Waals surface area (Å²) in [5.41, 5.74) is 9.30. The lowest BCUT2D eigenvalue weighted by Crippen LogP contribution is -2.23. The second-order valence-electron chi connectivity index (χ2n) is 8.72. The molecule has 34 heavy (non-hydrogen) atoms. The van der Waals surface area contributed by atoms with Gasteiger partial charge >= 0.3 is 6.09 Å². The van der Waals surface area contributed by atoms with Crippen LogP contribution in [-0.4, -0.2) is 25.5 Å². The van der Waals surface area contributed by atoms with E-state index in [9.17, 15) is 4.79 Å². The van der Waals surface area contributed by atoms with E-state index in [0.717, 1.165) is 28.2 Å². The number of aromatic nitrogens is 3. The number of anilines is 2. The average Bonchev–Trinajstić information content (AvgIpc) is 3.47. The molecule has 0 bridgehead atoms. The highest BCUT2D eigenvalue weighted by Gasteiger charge is 2.25. The van der Waals surface area contributed by atoms with Crippen LogP contribution in [0.3, 0.4) is 0 Å². The molecule has 4 aromatic rings. The monoisotopic (exact) mass is 474 g/mol. The number of carbonyl (C=O) groups is 1. The third kappa shape index (κ3) is 4.42. The van der Waals surface area contributed by atoms with Crippen molar-refractivity contribution in [3.63, 3.8) is 0 Å². The first kappa shape index (κ1) is 20.9. The van der Waals surface area contributed by atoms with E-state index in [0.29, 0.717) is 29.8 Å². The Hall–Kier alpha value is -3.62. The summed E-state index contributed by atoms with van der Waals surface area (Å²) in [6.07, 6.45) is 7.92. The standard InChI is InChI=1S/C25H23ClN6O2/c26-19-3-1-2-16(10-19)15-34-25(33)29-24-21-14-32(30-22(21)8-9-27-24)13-20-12-31-11-18(17-4-5-17)6-7-23(31)28-20/h1-3,6-12,17,30H,4-5,13-15H2,(H,27,29,33). The summed E-state index contributed by atoms with van der Waals surface area (Å²) >= 11 is 5.99. The van der Waals surface area contributed by atoms with E-state index in [-0.39, 0.29) is 6.61 Å². The number of benzene rings is 1. The lowest BCUT2D eigenvalue weighted by Gasteiger charge is -2.14. The predicted octanol–water partition coefficient (Wildman–Crippen LogP) is 5.35. The van der Waals surface area contributed by atoms with E-state index in [1.807, 2.05) is 18.2 Å². The van der Waals surface area contributed by atoms with E-state index >= 15 is 0 Å². The molecule has 3 aromatic heterocycles. The highest BCUT2D eigenvalue weighted by molar-refractivity contribution is 6.30. The average molecular weight is 475 g/mol. The van der Waals surface area contributed by atoms with Crippen molar-refractivity contribution in [3.8, 4) is 0 Å². The molecule has 0 spiro atoms. The number of nitrogens with one attached hydrogen (secondary N) is 2. The van der Waals surface area contributed by atoms with Crippen LogP contribution in [0.25, 0.3) is 5.65 Å². The van der Waals surface area contributed by atoms with Crippen LogP contribution in [0.2, 0.25) is 5.02 Å². The molecule has 1 amide bonds. The van der Waals surface area contributed by atoms with Gasteiger partial charge in [0.1, 0.15) is 18.1 Å². The summed E-state index contributed by atoms with van der Waals surface area (Å²) in [7, 11) is 0. The van der Waals surface area contributed by atoms with Crippen molar-refractivity contribution in [2.45, 2.75) is 38.5 Å². The number of hydrazine groups is 1. The number of amides is 1. The molecule has 4 heterocycles. The second-order valence-corrected chi connectivity index (χ2v) is 9.16. The smallest absolute Gasteiger partial charge is 0.413 e. The molecule has 0 radical (unpaired) electrons. The number of imidazole rings is 1. The molecule has 172 valence electrons. The van der Waals surface area contributed by atoms with Crippen LogP contribution in [0, 0.1) is 0 Å². The molecule has 6 rings (SSSR count). The fraction of sp³-hybridized carbons (Fsp3) is 0.240. The first-order chi connectivity index (χ1) is 16.6. The van der Waals surface area contributed by atoms with Crippen molar-refractivity contribution in [3.05, 3.63) is 88.5 Å². The number of ether oxygens (including phenoxy) is 1. The molecular weight excluding hydrogens is 452 g/mol. The number of hydrogen-bond donors (Lipinski definition) is 2. The zero-order valence-corrected chi connectivity index (χ0v) is 19.1. The Balaban J connectivity index is 1.10. The maximum atomic E-state index is 12.4. The number of fused-ring (bicyclic) bond motifs is 2. The fourth-order valence-corrected chi connectivity index (χ4v) is 4.47. The van der Waals surface area contributed by atoms with E-state index in [4.69, 9.17) is 21.3 Å². The zero-order chi connectivity index (χ0) is 23.1. The van der Waals surface area contributed by atoms with Gasteiger partial charge in [0.05, 0.1) is 17.9 Å². The summed E-state index contributed by atoms with van der Waals surface area (Å²) in [4.78, 5) is 21.5. The van der Waals surface area contributed by atoms with Gasteiger partial charge in [0, 0.05) is 35.7 Å². The summed E-state index contributed by atoms with van der Waals surface area (Å²) in [6, 6.07) is 13.4. The van der Waals surface area contributed by atoms with Crippen LogP contribution >= 0.6 is 11.6 Å². The van der Waals surface area contributed by atoms with Crippen molar-refractivity contribution in [2.75, 3.05) is 10.7 Å². The van der Waals surface area contributed by atoms with Gasteiger partial charge in [0.15, 0.2) is 0 Å². The highest BCUT2D eigenvalue weighted by Crippen LogP contribution is 2.40. The molecule has 0 saturated heterocycles. The van der Waals surface area contributed by atoms with Crippen molar-refractivity contribution in [1.29, 1.82) is 0 Å². The maximum Gasteiger partial charge on any atom is 0.413 e. The Morgan fingerprint density at radius 3 is 2.97 bits per heavy atom. The van der Waals surface area contributed by atoms with Crippen molar-refractivity contribution in [2.24, 2.45) is 0 Å².